The van der Waals surface area contributed by atoms with E-state index in [1.54, 1.807) is 42.9 Å². The van der Waals surface area contributed by atoms with Gasteiger partial charge >= 0.3 is 0 Å². The van der Waals surface area contributed by atoms with E-state index in [4.69, 9.17) is 23.2 Å². The van der Waals surface area contributed by atoms with Gasteiger partial charge in [-0.15, -0.1) is 0 Å². The van der Waals surface area contributed by atoms with Crippen LogP contribution in [-0.4, -0.2) is 14.9 Å². The lowest BCUT2D eigenvalue weighted by atomic mass is 9.92. The molecule has 0 aliphatic rings. The first kappa shape index (κ1) is 12.4. The number of aryl methyl sites for hydroxylation is 1. The molecule has 2 aromatic rings. The van der Waals surface area contributed by atoms with Gasteiger partial charge in [-0.1, -0.05) is 35.3 Å². The third kappa shape index (κ3) is 2.18. The molecule has 0 radical (unpaired) electrons. The molecule has 1 aromatic carbocycles. The van der Waals surface area contributed by atoms with Gasteiger partial charge in [-0.3, -0.25) is 4.68 Å². The Balaban J connectivity index is 2.53. The van der Waals surface area contributed by atoms with E-state index < -0.39 is 5.60 Å². The fourth-order valence-corrected chi connectivity index (χ4v) is 2.35. The van der Waals surface area contributed by atoms with E-state index in [0.717, 1.165) is 0 Å². The highest BCUT2D eigenvalue weighted by Gasteiger charge is 2.31. The van der Waals surface area contributed by atoms with E-state index in [2.05, 4.69) is 5.10 Å². The number of nitrogens with zero attached hydrogens (tertiary/aromatic N) is 2. The zero-order valence-electron chi connectivity index (χ0n) is 9.48. The van der Waals surface area contributed by atoms with Crippen molar-refractivity contribution in [2.45, 2.75) is 12.5 Å². The number of rotatable bonds is 2. The fraction of sp³-hybridized carbons (Fsp3) is 0.250. The van der Waals surface area contributed by atoms with Gasteiger partial charge in [0.15, 0.2) is 0 Å². The van der Waals surface area contributed by atoms with Gasteiger partial charge in [0.2, 0.25) is 0 Å². The fourth-order valence-electron chi connectivity index (χ4n) is 1.87. The van der Waals surface area contributed by atoms with Gasteiger partial charge < -0.3 is 5.11 Å². The Bertz CT molecular complexity index is 512. The molecule has 2 rings (SSSR count). The molecule has 0 fully saturated rings. The van der Waals surface area contributed by atoms with Crippen molar-refractivity contribution in [3.8, 4) is 0 Å². The number of aromatic nitrogens is 2. The van der Waals surface area contributed by atoms with Crippen LogP contribution in [0.4, 0.5) is 0 Å². The molecule has 5 heteroatoms. The van der Waals surface area contributed by atoms with Gasteiger partial charge in [-0.05, 0) is 24.6 Å². The molecule has 0 saturated heterocycles. The molecule has 0 bridgehead atoms. The molecule has 0 amide bonds. The van der Waals surface area contributed by atoms with Gasteiger partial charge in [-0.25, -0.2) is 0 Å². The van der Waals surface area contributed by atoms with Crippen LogP contribution in [0.3, 0.4) is 0 Å². The SMILES string of the molecule is Cn1ncc(Cl)c1C(C)(O)c1ccc(Cl)cc1. The zero-order valence-corrected chi connectivity index (χ0v) is 11.0. The Morgan fingerprint density at radius 1 is 1.24 bits per heavy atom. The standard InChI is InChI=1S/C12H12Cl2N2O/c1-12(17,8-3-5-9(13)6-4-8)11-10(14)7-15-16(11)2/h3-7,17H,1-2H3. The number of aliphatic hydroxyl groups is 1. The van der Waals surface area contributed by atoms with Crippen LogP contribution >= 0.6 is 23.2 Å². The zero-order chi connectivity index (χ0) is 12.6. The summed E-state index contributed by atoms with van der Waals surface area (Å²) in [7, 11) is 1.74. The molecule has 0 aliphatic carbocycles. The van der Waals surface area contributed by atoms with Crippen molar-refractivity contribution in [3.63, 3.8) is 0 Å². The topological polar surface area (TPSA) is 38.0 Å². The lowest BCUT2D eigenvalue weighted by Crippen LogP contribution is -2.26. The van der Waals surface area contributed by atoms with Gasteiger partial charge in [0, 0.05) is 12.1 Å². The average Bonchev–Trinajstić information content (AvgIpc) is 2.59. The molecular weight excluding hydrogens is 259 g/mol. The van der Waals surface area contributed by atoms with E-state index in [1.807, 2.05) is 0 Å². The highest BCUT2D eigenvalue weighted by atomic mass is 35.5. The van der Waals surface area contributed by atoms with E-state index >= 15 is 0 Å². The number of hydrogen-bond acceptors (Lipinski definition) is 2. The van der Waals surface area contributed by atoms with Crippen LogP contribution in [0, 0.1) is 0 Å². The summed E-state index contributed by atoms with van der Waals surface area (Å²) in [6.45, 7) is 1.68. The Morgan fingerprint density at radius 3 is 2.29 bits per heavy atom. The van der Waals surface area contributed by atoms with Gasteiger partial charge in [0.25, 0.3) is 0 Å². The second kappa shape index (κ2) is 4.33. The number of benzene rings is 1. The second-order valence-electron chi connectivity index (χ2n) is 4.04. The Kier molecular flexibility index (Phi) is 3.17. The smallest absolute Gasteiger partial charge is 0.130 e. The molecular formula is C12H12Cl2N2O. The Labute approximate surface area is 110 Å². The van der Waals surface area contributed by atoms with Crippen molar-refractivity contribution in [2.75, 3.05) is 0 Å². The van der Waals surface area contributed by atoms with Crippen LogP contribution < -0.4 is 0 Å². The summed E-state index contributed by atoms with van der Waals surface area (Å²) >= 11 is 11.9. The molecule has 1 atom stereocenters. The van der Waals surface area contributed by atoms with Crippen LogP contribution in [-0.2, 0) is 12.6 Å². The average molecular weight is 271 g/mol. The summed E-state index contributed by atoms with van der Waals surface area (Å²) < 4.78 is 1.57. The largest absolute Gasteiger partial charge is 0.379 e. The van der Waals surface area contributed by atoms with Crippen LogP contribution in [0.5, 0.6) is 0 Å². The molecule has 17 heavy (non-hydrogen) atoms. The highest BCUT2D eigenvalue weighted by Crippen LogP contribution is 2.33. The van der Waals surface area contributed by atoms with Crippen molar-refractivity contribution in [2.24, 2.45) is 7.05 Å². The summed E-state index contributed by atoms with van der Waals surface area (Å²) in [5.74, 6) is 0. The van der Waals surface area contributed by atoms with E-state index in [9.17, 15) is 5.11 Å². The molecule has 0 saturated carbocycles. The van der Waals surface area contributed by atoms with Crippen LogP contribution in [0.15, 0.2) is 30.5 Å². The first-order valence-electron chi connectivity index (χ1n) is 5.09. The molecule has 0 spiro atoms. The normalized spacial score (nSPS) is 14.6. The monoisotopic (exact) mass is 270 g/mol. The van der Waals surface area contributed by atoms with Crippen molar-refractivity contribution in [1.82, 2.24) is 9.78 Å². The molecule has 1 aromatic heterocycles. The van der Waals surface area contributed by atoms with Gasteiger partial charge in [-0.2, -0.15) is 5.10 Å². The highest BCUT2D eigenvalue weighted by molar-refractivity contribution is 6.31. The van der Waals surface area contributed by atoms with Crippen LogP contribution in [0.1, 0.15) is 18.2 Å². The van der Waals surface area contributed by atoms with Crippen LogP contribution in [0.25, 0.3) is 0 Å². The quantitative estimate of drug-likeness (QED) is 0.911. The summed E-state index contributed by atoms with van der Waals surface area (Å²) in [5, 5.41) is 15.7. The minimum atomic E-state index is -1.20. The lowest BCUT2D eigenvalue weighted by Gasteiger charge is -2.24. The molecule has 90 valence electrons. The van der Waals surface area contributed by atoms with E-state index in [0.29, 0.717) is 21.3 Å². The van der Waals surface area contributed by atoms with Crippen molar-refractivity contribution in [3.05, 3.63) is 51.8 Å². The Morgan fingerprint density at radius 2 is 1.82 bits per heavy atom. The third-order valence-electron chi connectivity index (χ3n) is 2.76. The number of hydrogen-bond donors (Lipinski definition) is 1. The Hall–Kier alpha value is -1.03. The van der Waals surface area contributed by atoms with Gasteiger partial charge in [0.1, 0.15) is 5.60 Å². The van der Waals surface area contributed by atoms with E-state index in [-0.39, 0.29) is 0 Å². The number of halogens is 2. The van der Waals surface area contributed by atoms with Crippen molar-refractivity contribution >= 4 is 23.2 Å². The third-order valence-corrected chi connectivity index (χ3v) is 3.29. The summed E-state index contributed by atoms with van der Waals surface area (Å²) in [6, 6.07) is 7.00. The van der Waals surface area contributed by atoms with Crippen LogP contribution in [0.2, 0.25) is 10.0 Å². The lowest BCUT2D eigenvalue weighted by molar-refractivity contribution is 0.0930. The van der Waals surface area contributed by atoms with Crippen molar-refractivity contribution < 1.29 is 5.11 Å². The molecule has 1 N–H and O–H groups in total. The maximum atomic E-state index is 10.6. The van der Waals surface area contributed by atoms with Crippen molar-refractivity contribution in [1.29, 1.82) is 0 Å². The second-order valence-corrected chi connectivity index (χ2v) is 4.89. The predicted molar refractivity (Wildman–Crippen MR) is 68.3 cm³/mol. The maximum Gasteiger partial charge on any atom is 0.130 e. The molecule has 0 aliphatic heterocycles. The first-order valence-corrected chi connectivity index (χ1v) is 5.85. The van der Waals surface area contributed by atoms with E-state index in [1.165, 1.54) is 6.20 Å². The molecule has 1 unspecified atom stereocenters. The molecule has 3 nitrogen and oxygen atoms in total. The summed E-state index contributed by atoms with van der Waals surface area (Å²) in [6.07, 6.45) is 1.52. The minimum absolute atomic E-state index is 0.437. The summed E-state index contributed by atoms with van der Waals surface area (Å²) in [4.78, 5) is 0. The van der Waals surface area contributed by atoms with Gasteiger partial charge in [0.05, 0.1) is 16.9 Å². The molecule has 1 heterocycles. The minimum Gasteiger partial charge on any atom is -0.379 e. The predicted octanol–water partition coefficient (Wildman–Crippen LogP) is 2.98. The maximum absolute atomic E-state index is 10.6. The summed E-state index contributed by atoms with van der Waals surface area (Å²) in [5.41, 5.74) is 0.0707. The first-order chi connectivity index (χ1) is 7.93.